The fraction of sp³-hybridized carbons (Fsp3) is 0.667. The molecule has 6 heteroatoms. The second-order valence-electron chi connectivity index (χ2n) is 11.0. The fourth-order valence-electron chi connectivity index (χ4n) is 5.45. The van der Waals surface area contributed by atoms with Crippen LogP contribution in [0, 0.1) is 17.4 Å². The van der Waals surface area contributed by atoms with Gasteiger partial charge < -0.3 is 14.8 Å². The summed E-state index contributed by atoms with van der Waals surface area (Å²) in [6, 6.07) is 7.85. The normalized spacial score (nSPS) is 23.2. The van der Waals surface area contributed by atoms with Crippen LogP contribution >= 0.6 is 15.9 Å². The van der Waals surface area contributed by atoms with E-state index in [0.29, 0.717) is 16.6 Å². The number of nitrogens with one attached hydrogen (secondary N) is 1. The van der Waals surface area contributed by atoms with Gasteiger partial charge in [0.1, 0.15) is 13.7 Å². The first-order valence-corrected chi connectivity index (χ1v) is 15.2. The molecule has 0 unspecified atom stereocenters. The molecule has 1 N–H and O–H groups in total. The Kier molecular flexibility index (Phi) is 9.29. The van der Waals surface area contributed by atoms with E-state index in [1.807, 2.05) is 32.9 Å². The molecule has 184 valence electrons. The van der Waals surface area contributed by atoms with Crippen LogP contribution in [0.1, 0.15) is 85.6 Å². The van der Waals surface area contributed by atoms with Crippen LogP contribution in [0.15, 0.2) is 24.3 Å². The molecule has 1 amide bonds. The number of rotatable bonds is 5. The molecule has 4 atom stereocenters. The number of alkyl halides is 1. The molecule has 4 nitrogen and oxygen atoms in total. The summed E-state index contributed by atoms with van der Waals surface area (Å²) in [7, 11) is -0.206. The highest BCUT2D eigenvalue weighted by Gasteiger charge is 2.45. The van der Waals surface area contributed by atoms with E-state index in [1.54, 1.807) is 7.11 Å². The van der Waals surface area contributed by atoms with Crippen molar-refractivity contribution in [2.75, 3.05) is 7.11 Å². The number of methoxy groups -OCH3 is 1. The van der Waals surface area contributed by atoms with Crippen LogP contribution in [0.2, 0.25) is 16.6 Å². The van der Waals surface area contributed by atoms with E-state index in [4.69, 9.17) is 9.47 Å². The number of amides is 1. The maximum atomic E-state index is 12.8. The molecule has 1 aliphatic carbocycles. The van der Waals surface area contributed by atoms with Crippen LogP contribution in [0.5, 0.6) is 0 Å². The first-order chi connectivity index (χ1) is 15.3. The number of hydrogen-bond acceptors (Lipinski definition) is 3. The lowest BCUT2D eigenvalue weighted by atomic mass is 9.78. The van der Waals surface area contributed by atoms with Gasteiger partial charge in [0.2, 0.25) is 0 Å². The summed E-state index contributed by atoms with van der Waals surface area (Å²) >= 11 is 3.92. The maximum absolute atomic E-state index is 12.8. The van der Waals surface area contributed by atoms with E-state index in [2.05, 4.69) is 86.4 Å². The lowest BCUT2D eigenvalue weighted by molar-refractivity contribution is 0.0445. The van der Waals surface area contributed by atoms with Gasteiger partial charge in [0, 0.05) is 7.11 Å². The van der Waals surface area contributed by atoms with E-state index >= 15 is 0 Å². The summed E-state index contributed by atoms with van der Waals surface area (Å²) in [5, 5.41) is 3.15. The number of carbonyl (C=O) groups is 1. The summed E-state index contributed by atoms with van der Waals surface area (Å²) in [5.41, 5.74) is 7.00. The monoisotopic (exact) mass is 535 g/mol. The van der Waals surface area contributed by atoms with Crippen LogP contribution in [0.4, 0.5) is 4.79 Å². The van der Waals surface area contributed by atoms with E-state index in [0.717, 1.165) is 11.1 Å². The quantitative estimate of drug-likeness (QED) is 0.240. The number of ether oxygens (including phenoxy) is 2. The van der Waals surface area contributed by atoms with Crippen molar-refractivity contribution in [3.05, 3.63) is 35.4 Å². The largest absolute Gasteiger partial charge is 0.444 e. The lowest BCUT2D eigenvalue weighted by Gasteiger charge is -2.41. The number of benzene rings is 1. The molecule has 0 spiro atoms. The van der Waals surface area contributed by atoms with Crippen molar-refractivity contribution in [2.45, 2.75) is 102 Å². The van der Waals surface area contributed by atoms with Crippen molar-refractivity contribution >= 4 is 30.1 Å². The zero-order chi connectivity index (χ0) is 25.1. The zero-order valence-electron chi connectivity index (χ0n) is 22.0. The second kappa shape index (κ2) is 11.0. The number of alkyl carbamates (subject to hydrolysis) is 1. The number of carbonyl (C=O) groups excluding carboxylic acids is 1. The van der Waals surface area contributed by atoms with Crippen LogP contribution in [-0.2, 0) is 9.47 Å². The standard InChI is InChI=1S/C27H42BrNO3Si/c1-17(2)33(18(3)4,19(5)6)16-15-22-23(28)25(31-10)21-14-12-11-13-20(21)24(22)29-26(30)32-27(7,8)9/h11-14,17-19,22-25H,1-10H3,(H,29,30)/t22-,23-,24+,25-/m1/s1. The third-order valence-corrected chi connectivity index (χ3v) is 14.2. The summed E-state index contributed by atoms with van der Waals surface area (Å²) in [5.74, 6) is 3.54. The Morgan fingerprint density at radius 1 is 1.03 bits per heavy atom. The third kappa shape index (κ3) is 6.04. The topological polar surface area (TPSA) is 47.6 Å². The molecule has 1 aromatic carbocycles. The van der Waals surface area contributed by atoms with Crippen molar-refractivity contribution in [3.8, 4) is 11.5 Å². The van der Waals surface area contributed by atoms with Gasteiger partial charge in [0.05, 0.1) is 22.9 Å². The minimum atomic E-state index is -1.94. The van der Waals surface area contributed by atoms with Gasteiger partial charge in [-0.3, -0.25) is 0 Å². The number of halogens is 1. The minimum Gasteiger partial charge on any atom is -0.444 e. The predicted molar refractivity (Wildman–Crippen MR) is 143 cm³/mol. The van der Waals surface area contributed by atoms with Crippen molar-refractivity contribution < 1.29 is 14.3 Å². The molecule has 33 heavy (non-hydrogen) atoms. The van der Waals surface area contributed by atoms with Crippen LogP contribution in [-0.4, -0.2) is 31.7 Å². The Balaban J connectivity index is 2.62. The molecular weight excluding hydrogens is 494 g/mol. The predicted octanol–water partition coefficient (Wildman–Crippen LogP) is 7.55. The van der Waals surface area contributed by atoms with Crippen LogP contribution < -0.4 is 5.32 Å². The average molecular weight is 537 g/mol. The zero-order valence-corrected chi connectivity index (χ0v) is 24.5. The number of hydrogen-bond donors (Lipinski definition) is 1. The Hall–Kier alpha value is -1.29. The summed E-state index contributed by atoms with van der Waals surface area (Å²) in [6.07, 6.45) is -0.574. The van der Waals surface area contributed by atoms with E-state index in [-0.39, 0.29) is 22.9 Å². The fourth-order valence-corrected chi connectivity index (χ4v) is 11.7. The van der Waals surface area contributed by atoms with Gasteiger partial charge in [0.25, 0.3) is 0 Å². The highest BCUT2D eigenvalue weighted by molar-refractivity contribution is 9.09. The van der Waals surface area contributed by atoms with Gasteiger partial charge in [-0.1, -0.05) is 81.7 Å². The molecule has 0 heterocycles. The van der Waals surface area contributed by atoms with Gasteiger partial charge in [-0.15, -0.1) is 11.5 Å². The smallest absolute Gasteiger partial charge is 0.408 e. The average Bonchev–Trinajstić information content (AvgIpc) is 2.68. The van der Waals surface area contributed by atoms with E-state index < -0.39 is 19.8 Å². The van der Waals surface area contributed by atoms with Crippen LogP contribution in [0.25, 0.3) is 0 Å². The van der Waals surface area contributed by atoms with Gasteiger partial charge in [-0.2, -0.15) is 0 Å². The SMILES string of the molecule is CO[C@@H]1c2ccccc2[C@H](NC(=O)OC(C)(C)C)[C@H](C#C[Si](C(C)C)(C(C)C)C(C)C)[C@H]1Br. The Morgan fingerprint density at radius 2 is 1.55 bits per heavy atom. The highest BCUT2D eigenvalue weighted by atomic mass is 79.9. The lowest BCUT2D eigenvalue weighted by Crippen LogP contribution is -2.46. The van der Waals surface area contributed by atoms with Crippen LogP contribution in [0.3, 0.4) is 0 Å². The molecular formula is C27H42BrNO3Si. The van der Waals surface area contributed by atoms with Gasteiger partial charge in [-0.25, -0.2) is 4.79 Å². The Bertz CT molecular complexity index is 860. The second-order valence-corrected chi connectivity index (χ2v) is 17.7. The molecule has 0 fully saturated rings. The highest BCUT2D eigenvalue weighted by Crippen LogP contribution is 2.46. The Labute approximate surface area is 210 Å². The summed E-state index contributed by atoms with van der Waals surface area (Å²) in [6.45, 7) is 19.5. The molecule has 1 aliphatic rings. The van der Waals surface area contributed by atoms with Gasteiger partial charge in [0.15, 0.2) is 0 Å². The molecule has 0 radical (unpaired) electrons. The summed E-state index contributed by atoms with van der Waals surface area (Å²) in [4.78, 5) is 12.8. The number of fused-ring (bicyclic) bond motifs is 1. The van der Waals surface area contributed by atoms with E-state index in [9.17, 15) is 4.79 Å². The molecule has 0 saturated heterocycles. The van der Waals surface area contributed by atoms with Crippen molar-refractivity contribution in [1.82, 2.24) is 5.32 Å². The Morgan fingerprint density at radius 3 is 2.00 bits per heavy atom. The maximum Gasteiger partial charge on any atom is 0.408 e. The summed E-state index contributed by atoms with van der Waals surface area (Å²) < 4.78 is 11.5. The molecule has 0 saturated carbocycles. The van der Waals surface area contributed by atoms with Crippen molar-refractivity contribution in [1.29, 1.82) is 0 Å². The molecule has 0 aromatic heterocycles. The van der Waals surface area contributed by atoms with Gasteiger partial charge in [-0.05, 0) is 48.5 Å². The third-order valence-electron chi connectivity index (χ3n) is 6.88. The molecule has 2 rings (SSSR count). The molecule has 1 aromatic rings. The van der Waals surface area contributed by atoms with Crippen molar-refractivity contribution in [3.63, 3.8) is 0 Å². The molecule has 0 bridgehead atoms. The van der Waals surface area contributed by atoms with Gasteiger partial charge >= 0.3 is 6.09 Å². The van der Waals surface area contributed by atoms with Crippen molar-refractivity contribution in [2.24, 2.45) is 5.92 Å². The molecule has 0 aliphatic heterocycles. The van der Waals surface area contributed by atoms with E-state index in [1.165, 1.54) is 0 Å². The first kappa shape index (κ1) is 27.9. The minimum absolute atomic E-state index is 0.0666. The first-order valence-electron chi connectivity index (χ1n) is 12.0.